The largest absolute Gasteiger partial charge is 0.508 e. The Morgan fingerprint density at radius 2 is 0.969 bits per heavy atom. The van der Waals surface area contributed by atoms with Crippen molar-refractivity contribution >= 4 is 10.1 Å². The van der Waals surface area contributed by atoms with Gasteiger partial charge in [-0.3, -0.25) is 4.55 Å². The van der Waals surface area contributed by atoms with E-state index in [0.29, 0.717) is 5.56 Å². The quantitative estimate of drug-likeness (QED) is 0.372. The normalized spacial score (nSPS) is 15.7. The first-order valence-corrected chi connectivity index (χ1v) is 12.1. The Bertz CT molecular complexity index is 1170. The summed E-state index contributed by atoms with van der Waals surface area (Å²) >= 11 is 0. The Kier molecular flexibility index (Phi) is 6.96. The van der Waals surface area contributed by atoms with Crippen LogP contribution in [0.2, 0.25) is 0 Å². The second kappa shape index (κ2) is 9.35. The Morgan fingerprint density at radius 3 is 1.41 bits per heavy atom. The van der Waals surface area contributed by atoms with Crippen LogP contribution in [0.4, 0.5) is 0 Å². The zero-order valence-electron chi connectivity index (χ0n) is 18.7. The van der Waals surface area contributed by atoms with E-state index in [0.717, 1.165) is 17.2 Å². The van der Waals surface area contributed by atoms with Crippen molar-refractivity contribution in [1.82, 2.24) is 0 Å². The minimum Gasteiger partial charge on any atom is -0.508 e. The molecule has 0 heterocycles. The standard InChI is InChI=1S/C26H30O5S/c1-16(17(2)22-9-11-23(27)12-10-22)20-5-7-21(8-6-20)18(3)19(4)25-14-13-24(28)15-26(25)32(29,30)31/h5-19,27-28H,1-4H3,(H,29,30,31). The summed E-state index contributed by atoms with van der Waals surface area (Å²) in [7, 11) is -4.45. The number of hydrogen-bond acceptors (Lipinski definition) is 4. The van der Waals surface area contributed by atoms with Crippen molar-refractivity contribution in [2.75, 3.05) is 0 Å². The molecule has 170 valence electrons. The average molecular weight is 455 g/mol. The molecule has 5 nitrogen and oxygen atoms in total. The van der Waals surface area contributed by atoms with Gasteiger partial charge in [-0.1, -0.05) is 70.2 Å². The van der Waals surface area contributed by atoms with E-state index >= 15 is 0 Å². The lowest BCUT2D eigenvalue weighted by molar-refractivity contribution is 0.462. The summed E-state index contributed by atoms with van der Waals surface area (Å²) < 4.78 is 33.2. The smallest absolute Gasteiger partial charge is 0.294 e. The van der Waals surface area contributed by atoms with Gasteiger partial charge in [-0.2, -0.15) is 8.42 Å². The van der Waals surface area contributed by atoms with Crippen molar-refractivity contribution < 1.29 is 23.2 Å². The lowest BCUT2D eigenvalue weighted by Gasteiger charge is -2.24. The molecule has 4 atom stereocenters. The third kappa shape index (κ3) is 5.14. The Balaban J connectivity index is 1.82. The Labute approximate surface area is 190 Å². The number of aromatic hydroxyl groups is 2. The molecule has 0 aliphatic heterocycles. The third-order valence-corrected chi connectivity index (χ3v) is 7.58. The van der Waals surface area contributed by atoms with Gasteiger partial charge in [0.2, 0.25) is 0 Å². The van der Waals surface area contributed by atoms with Crippen LogP contribution in [0.3, 0.4) is 0 Å². The highest BCUT2D eigenvalue weighted by Crippen LogP contribution is 2.38. The van der Waals surface area contributed by atoms with E-state index in [1.807, 2.05) is 26.0 Å². The number of rotatable bonds is 7. The van der Waals surface area contributed by atoms with Crippen molar-refractivity contribution in [3.63, 3.8) is 0 Å². The molecule has 0 saturated carbocycles. The van der Waals surface area contributed by atoms with E-state index in [1.165, 1.54) is 11.6 Å². The monoisotopic (exact) mass is 454 g/mol. The van der Waals surface area contributed by atoms with Crippen molar-refractivity contribution in [1.29, 1.82) is 0 Å². The van der Waals surface area contributed by atoms with Crippen LogP contribution in [0, 0.1) is 0 Å². The van der Waals surface area contributed by atoms with Gasteiger partial charge in [0.15, 0.2) is 0 Å². The van der Waals surface area contributed by atoms with Crippen LogP contribution in [0.15, 0.2) is 71.6 Å². The summed E-state index contributed by atoms with van der Waals surface area (Å²) in [5.74, 6) is 0.372. The van der Waals surface area contributed by atoms with E-state index in [4.69, 9.17) is 0 Å². The highest BCUT2D eigenvalue weighted by molar-refractivity contribution is 7.85. The fraction of sp³-hybridized carbons (Fsp3) is 0.308. The van der Waals surface area contributed by atoms with E-state index in [2.05, 4.69) is 38.1 Å². The first-order chi connectivity index (χ1) is 15.0. The zero-order valence-corrected chi connectivity index (χ0v) is 19.5. The third-order valence-electron chi connectivity index (χ3n) is 6.67. The van der Waals surface area contributed by atoms with Gasteiger partial charge in [-0.15, -0.1) is 0 Å². The van der Waals surface area contributed by atoms with Crippen LogP contribution >= 0.6 is 0 Å². The van der Waals surface area contributed by atoms with Gasteiger partial charge in [-0.25, -0.2) is 0 Å². The zero-order chi connectivity index (χ0) is 23.6. The van der Waals surface area contributed by atoms with Gasteiger partial charge in [0.05, 0.1) is 0 Å². The number of benzene rings is 3. The second-order valence-electron chi connectivity index (χ2n) is 8.61. The molecule has 0 bridgehead atoms. The first kappa shape index (κ1) is 23.8. The minimum absolute atomic E-state index is 0.0149. The topological polar surface area (TPSA) is 94.8 Å². The fourth-order valence-electron chi connectivity index (χ4n) is 4.14. The SMILES string of the molecule is CC(c1ccc(O)cc1)C(C)c1ccc(C(C)C(C)c2ccc(O)cc2S(=O)(=O)O)cc1. The molecule has 4 unspecified atom stereocenters. The van der Waals surface area contributed by atoms with Gasteiger partial charge in [-0.05, 0) is 64.1 Å². The molecule has 0 aromatic heterocycles. The maximum atomic E-state index is 11.8. The molecule has 6 heteroatoms. The van der Waals surface area contributed by atoms with Gasteiger partial charge in [0, 0.05) is 6.07 Å². The Morgan fingerprint density at radius 1 is 0.594 bits per heavy atom. The molecule has 32 heavy (non-hydrogen) atoms. The molecular formula is C26H30O5S. The van der Waals surface area contributed by atoms with E-state index < -0.39 is 10.1 Å². The predicted octanol–water partition coefficient (Wildman–Crippen LogP) is 6.16. The van der Waals surface area contributed by atoms with E-state index in [-0.39, 0.29) is 40.1 Å². The van der Waals surface area contributed by atoms with Gasteiger partial charge >= 0.3 is 0 Å². The highest BCUT2D eigenvalue weighted by atomic mass is 32.2. The summed E-state index contributed by atoms with van der Waals surface area (Å²) in [5, 5.41) is 19.2. The summed E-state index contributed by atoms with van der Waals surface area (Å²) in [6, 6.07) is 19.7. The molecule has 0 radical (unpaired) electrons. The summed E-state index contributed by atoms with van der Waals surface area (Å²) in [5.41, 5.74) is 3.88. The van der Waals surface area contributed by atoms with Crippen molar-refractivity contribution in [2.24, 2.45) is 0 Å². The Hall–Kier alpha value is -2.83. The van der Waals surface area contributed by atoms with Gasteiger partial charge in [0.25, 0.3) is 10.1 Å². The predicted molar refractivity (Wildman–Crippen MR) is 126 cm³/mol. The summed E-state index contributed by atoms with van der Waals surface area (Å²) in [6.07, 6.45) is 0. The van der Waals surface area contributed by atoms with Gasteiger partial charge in [0.1, 0.15) is 16.4 Å². The minimum atomic E-state index is -4.45. The molecule has 0 spiro atoms. The van der Waals surface area contributed by atoms with Crippen molar-refractivity contribution in [3.8, 4) is 11.5 Å². The summed E-state index contributed by atoms with van der Waals surface area (Å²) in [4.78, 5) is -0.259. The molecule has 0 fully saturated rings. The number of phenols is 2. The average Bonchev–Trinajstić information content (AvgIpc) is 2.77. The van der Waals surface area contributed by atoms with Crippen molar-refractivity contribution in [3.05, 3.63) is 89.0 Å². The molecule has 0 aliphatic carbocycles. The molecule has 3 aromatic rings. The van der Waals surface area contributed by atoms with Crippen LogP contribution in [0.5, 0.6) is 11.5 Å². The number of hydrogen-bond donors (Lipinski definition) is 3. The van der Waals surface area contributed by atoms with E-state index in [9.17, 15) is 23.2 Å². The molecule has 3 aromatic carbocycles. The first-order valence-electron chi connectivity index (χ1n) is 10.7. The molecule has 0 amide bonds. The molecule has 0 aliphatic rings. The second-order valence-corrected chi connectivity index (χ2v) is 10.0. The maximum absolute atomic E-state index is 11.8. The highest BCUT2D eigenvalue weighted by Gasteiger charge is 2.25. The molecule has 3 rings (SSSR count). The van der Waals surface area contributed by atoms with Crippen LogP contribution in [0.1, 0.15) is 73.6 Å². The lowest BCUT2D eigenvalue weighted by atomic mass is 9.81. The van der Waals surface area contributed by atoms with Crippen LogP contribution in [-0.4, -0.2) is 23.2 Å². The van der Waals surface area contributed by atoms with Crippen LogP contribution in [0.25, 0.3) is 0 Å². The molecular weight excluding hydrogens is 424 g/mol. The molecule has 3 N–H and O–H groups in total. The maximum Gasteiger partial charge on any atom is 0.294 e. The lowest BCUT2D eigenvalue weighted by Crippen LogP contribution is -2.11. The van der Waals surface area contributed by atoms with Gasteiger partial charge < -0.3 is 10.2 Å². The molecule has 0 saturated heterocycles. The summed E-state index contributed by atoms with van der Waals surface area (Å²) in [6.45, 7) is 8.27. The van der Waals surface area contributed by atoms with Crippen LogP contribution in [-0.2, 0) is 10.1 Å². The van der Waals surface area contributed by atoms with Crippen LogP contribution < -0.4 is 0 Å². The van der Waals surface area contributed by atoms with Crippen molar-refractivity contribution in [2.45, 2.75) is 56.3 Å². The number of phenolic OH excluding ortho intramolecular Hbond substituents is 2. The van der Waals surface area contributed by atoms with E-state index in [1.54, 1.807) is 18.2 Å². The fourth-order valence-corrected chi connectivity index (χ4v) is 4.96.